The summed E-state index contributed by atoms with van der Waals surface area (Å²) in [7, 11) is 1.86. The fraction of sp³-hybridized carbons (Fsp3) is 0.375. The lowest BCUT2D eigenvalue weighted by Gasteiger charge is -2.32. The van der Waals surface area contributed by atoms with Crippen LogP contribution in [0.5, 0.6) is 0 Å². The average Bonchev–Trinajstić information content (AvgIpc) is 3.15. The highest BCUT2D eigenvalue weighted by Crippen LogP contribution is 2.28. The maximum atomic E-state index is 12.8. The van der Waals surface area contributed by atoms with Gasteiger partial charge in [-0.3, -0.25) is 14.5 Å². The first-order valence-corrected chi connectivity index (χ1v) is 10.9. The molecule has 0 spiro atoms. The predicted molar refractivity (Wildman–Crippen MR) is 125 cm³/mol. The second-order valence-corrected chi connectivity index (χ2v) is 8.36. The molecule has 0 aliphatic carbocycles. The van der Waals surface area contributed by atoms with Crippen molar-refractivity contribution < 1.29 is 4.79 Å². The molecule has 1 atom stereocenters. The minimum Gasteiger partial charge on any atom is -0.338 e. The van der Waals surface area contributed by atoms with Gasteiger partial charge in [-0.05, 0) is 64.0 Å². The first-order valence-electron chi connectivity index (χ1n) is 10.9. The molecule has 1 amide bonds. The number of amides is 1. The van der Waals surface area contributed by atoms with Crippen LogP contribution in [0.3, 0.4) is 0 Å². The van der Waals surface area contributed by atoms with Crippen LogP contribution in [0.15, 0.2) is 36.5 Å². The number of carbonyl (C=O) groups is 1. The average molecular weight is 432 g/mol. The van der Waals surface area contributed by atoms with E-state index in [-0.39, 0.29) is 11.8 Å². The van der Waals surface area contributed by atoms with Crippen LogP contribution in [0.25, 0.3) is 6.08 Å². The number of anilines is 2. The Kier molecular flexibility index (Phi) is 6.30. The number of piperidine rings is 1. The third-order valence-electron chi connectivity index (χ3n) is 5.62. The smallest absolute Gasteiger partial charge is 0.246 e. The molecule has 1 fully saturated rings. The molecular formula is C24H29N7O. The molecule has 1 aliphatic rings. The minimum absolute atomic E-state index is 0.0190. The van der Waals surface area contributed by atoms with Crippen LogP contribution < -0.4 is 5.32 Å². The molecule has 4 rings (SSSR count). The molecule has 32 heavy (non-hydrogen) atoms. The van der Waals surface area contributed by atoms with Crippen molar-refractivity contribution in [2.45, 2.75) is 39.5 Å². The Labute approximate surface area is 188 Å². The zero-order valence-electron chi connectivity index (χ0n) is 19.0. The molecule has 4 heterocycles. The normalized spacial score (nSPS) is 16.5. The number of aryl methyl sites for hydroxylation is 4. The van der Waals surface area contributed by atoms with Crippen molar-refractivity contribution in [3.05, 3.63) is 65.0 Å². The summed E-state index contributed by atoms with van der Waals surface area (Å²) in [6.45, 7) is 7.32. The van der Waals surface area contributed by atoms with Gasteiger partial charge in [0.1, 0.15) is 0 Å². The molecule has 166 valence electrons. The van der Waals surface area contributed by atoms with Crippen LogP contribution in [0.2, 0.25) is 0 Å². The van der Waals surface area contributed by atoms with Crippen molar-refractivity contribution in [3.63, 3.8) is 0 Å². The quantitative estimate of drug-likeness (QED) is 0.620. The van der Waals surface area contributed by atoms with E-state index in [4.69, 9.17) is 4.98 Å². The summed E-state index contributed by atoms with van der Waals surface area (Å²) in [5.41, 5.74) is 5.57. The molecule has 0 radical (unpaired) electrons. The van der Waals surface area contributed by atoms with Gasteiger partial charge < -0.3 is 10.2 Å². The van der Waals surface area contributed by atoms with Crippen LogP contribution in [0.4, 0.5) is 11.6 Å². The number of nitrogens with zero attached hydrogens (tertiary/aromatic N) is 6. The summed E-state index contributed by atoms with van der Waals surface area (Å²) in [5, 5.41) is 7.45. The molecule has 3 aromatic rings. The highest BCUT2D eigenvalue weighted by molar-refractivity contribution is 5.91. The fourth-order valence-corrected chi connectivity index (χ4v) is 4.11. The lowest BCUT2D eigenvalue weighted by atomic mass is 9.93. The summed E-state index contributed by atoms with van der Waals surface area (Å²) >= 11 is 0. The Morgan fingerprint density at radius 1 is 1.09 bits per heavy atom. The lowest BCUT2D eigenvalue weighted by Crippen LogP contribution is -2.38. The van der Waals surface area contributed by atoms with Crippen LogP contribution in [-0.4, -0.2) is 48.6 Å². The second-order valence-electron chi connectivity index (χ2n) is 8.36. The van der Waals surface area contributed by atoms with Gasteiger partial charge in [-0.25, -0.2) is 9.97 Å². The van der Waals surface area contributed by atoms with E-state index >= 15 is 0 Å². The van der Waals surface area contributed by atoms with Crippen molar-refractivity contribution >= 4 is 23.6 Å². The largest absolute Gasteiger partial charge is 0.338 e. The van der Waals surface area contributed by atoms with Crippen molar-refractivity contribution in [1.29, 1.82) is 0 Å². The zero-order chi connectivity index (χ0) is 22.7. The van der Waals surface area contributed by atoms with Crippen LogP contribution in [0.1, 0.15) is 47.2 Å². The highest BCUT2D eigenvalue weighted by atomic mass is 16.2. The Bertz CT molecular complexity index is 1130. The van der Waals surface area contributed by atoms with E-state index in [0.717, 1.165) is 53.5 Å². The van der Waals surface area contributed by atoms with Crippen molar-refractivity contribution in [2.75, 3.05) is 18.4 Å². The number of nitrogens with one attached hydrogen (secondary N) is 1. The summed E-state index contributed by atoms with van der Waals surface area (Å²) in [6.07, 6.45) is 7.13. The summed E-state index contributed by atoms with van der Waals surface area (Å²) in [6, 6.07) is 7.88. The first kappa shape index (κ1) is 21.7. The topological polar surface area (TPSA) is 88.8 Å². The van der Waals surface area contributed by atoms with Gasteiger partial charge in [0.05, 0.1) is 5.69 Å². The van der Waals surface area contributed by atoms with Crippen LogP contribution >= 0.6 is 0 Å². The SMILES string of the molecule is Cc1cc(Nc2nc(C)cc(C)n2)cc([C@H]2CCCN(C(=O)/C=C/c3ccnn3C)C2)n1. The highest BCUT2D eigenvalue weighted by Gasteiger charge is 2.25. The molecule has 0 saturated carbocycles. The molecule has 0 bridgehead atoms. The van der Waals surface area contributed by atoms with E-state index in [1.165, 1.54) is 0 Å². The number of rotatable bonds is 5. The Morgan fingerprint density at radius 3 is 2.56 bits per heavy atom. The van der Waals surface area contributed by atoms with E-state index in [1.807, 2.05) is 57.0 Å². The molecule has 8 heteroatoms. The van der Waals surface area contributed by atoms with E-state index < -0.39 is 0 Å². The fourth-order valence-electron chi connectivity index (χ4n) is 4.11. The molecule has 1 N–H and O–H groups in total. The third-order valence-corrected chi connectivity index (χ3v) is 5.62. The monoisotopic (exact) mass is 431 g/mol. The van der Waals surface area contributed by atoms with Gasteiger partial charge in [0.15, 0.2) is 0 Å². The molecule has 1 aliphatic heterocycles. The van der Waals surface area contributed by atoms with Crippen molar-refractivity contribution in [3.8, 4) is 0 Å². The number of hydrogen-bond acceptors (Lipinski definition) is 6. The molecule has 1 saturated heterocycles. The predicted octanol–water partition coefficient (Wildman–Crippen LogP) is 3.69. The van der Waals surface area contributed by atoms with Crippen molar-refractivity contribution in [2.24, 2.45) is 7.05 Å². The first-order chi connectivity index (χ1) is 15.4. The van der Waals surface area contributed by atoms with Crippen LogP contribution in [0, 0.1) is 20.8 Å². The Hall–Kier alpha value is -3.55. The standard InChI is InChI=1S/C24H29N7O/c1-16-12-17(2)28-24(27-16)29-20-13-18(3)26-22(14-20)19-6-5-11-31(15-19)23(32)8-7-21-9-10-25-30(21)4/h7-10,12-14,19H,5-6,11,15H2,1-4H3,(H,26,27,28,29)/b8-7+/t19-/m0/s1. The Morgan fingerprint density at radius 2 is 1.84 bits per heavy atom. The summed E-state index contributed by atoms with van der Waals surface area (Å²) < 4.78 is 1.74. The van der Waals surface area contributed by atoms with E-state index in [0.29, 0.717) is 12.5 Å². The van der Waals surface area contributed by atoms with Gasteiger partial charge in [0.2, 0.25) is 11.9 Å². The summed E-state index contributed by atoms with van der Waals surface area (Å²) in [4.78, 5) is 28.4. The van der Waals surface area contributed by atoms with Crippen molar-refractivity contribution in [1.82, 2.24) is 29.6 Å². The van der Waals surface area contributed by atoms with Gasteiger partial charge in [0.25, 0.3) is 0 Å². The number of aromatic nitrogens is 5. The number of hydrogen-bond donors (Lipinski definition) is 1. The maximum Gasteiger partial charge on any atom is 0.246 e. The third kappa shape index (κ3) is 5.19. The van der Waals surface area contributed by atoms with Gasteiger partial charge in [-0.2, -0.15) is 5.10 Å². The second kappa shape index (κ2) is 9.30. The van der Waals surface area contributed by atoms with Gasteiger partial charge in [-0.15, -0.1) is 0 Å². The maximum absolute atomic E-state index is 12.8. The van der Waals surface area contributed by atoms with Crippen LogP contribution in [-0.2, 0) is 11.8 Å². The minimum atomic E-state index is 0.0190. The molecule has 8 nitrogen and oxygen atoms in total. The molecule has 0 unspecified atom stereocenters. The molecule has 3 aromatic heterocycles. The lowest BCUT2D eigenvalue weighted by molar-refractivity contribution is -0.127. The number of likely N-dealkylation sites (tertiary alicyclic amines) is 1. The molecule has 0 aromatic carbocycles. The van der Waals surface area contributed by atoms with Gasteiger partial charge in [-0.1, -0.05) is 0 Å². The zero-order valence-corrected chi connectivity index (χ0v) is 19.0. The van der Waals surface area contributed by atoms with E-state index in [9.17, 15) is 4.79 Å². The van der Waals surface area contributed by atoms with Gasteiger partial charge in [0, 0.05) is 66.8 Å². The van der Waals surface area contributed by atoms with E-state index in [1.54, 1.807) is 17.0 Å². The number of carbonyl (C=O) groups excluding carboxylic acids is 1. The number of pyridine rings is 1. The van der Waals surface area contributed by atoms with E-state index in [2.05, 4.69) is 26.4 Å². The Balaban J connectivity index is 1.48. The molecular weight excluding hydrogens is 402 g/mol. The summed E-state index contributed by atoms with van der Waals surface area (Å²) in [5.74, 6) is 0.795. The van der Waals surface area contributed by atoms with Gasteiger partial charge >= 0.3 is 0 Å².